The Hall–Kier alpha value is -1.80. The van der Waals surface area contributed by atoms with Gasteiger partial charge >= 0.3 is 6.18 Å². The zero-order chi connectivity index (χ0) is 17.6. The summed E-state index contributed by atoms with van der Waals surface area (Å²) in [6.07, 6.45) is -3.26. The number of methoxy groups -OCH3 is 1. The van der Waals surface area contributed by atoms with Crippen molar-refractivity contribution in [3.05, 3.63) is 29.8 Å². The van der Waals surface area contributed by atoms with Gasteiger partial charge in [-0.2, -0.15) is 13.2 Å². The molecule has 1 heterocycles. The fourth-order valence-corrected chi connectivity index (χ4v) is 2.61. The number of amides is 1. The summed E-state index contributed by atoms with van der Waals surface area (Å²) in [4.78, 5) is 12.3. The molecule has 2 rings (SSSR count). The van der Waals surface area contributed by atoms with Crippen molar-refractivity contribution >= 4 is 5.91 Å². The molecule has 1 saturated heterocycles. The number of hydrogen-bond acceptors (Lipinski definition) is 4. The number of ether oxygens (including phenoxy) is 2. The molecule has 0 aliphatic carbocycles. The normalized spacial score (nSPS) is 17.3. The second-order valence-electron chi connectivity index (χ2n) is 5.58. The third-order valence-corrected chi connectivity index (χ3v) is 4.03. The third-order valence-electron chi connectivity index (χ3n) is 4.03. The molecule has 134 valence electrons. The van der Waals surface area contributed by atoms with E-state index in [4.69, 9.17) is 9.47 Å². The SMILES string of the molecule is COC1(C(=O)NCCOc2cccc(C(F)(F)F)c2)CCNCC1. The largest absolute Gasteiger partial charge is 0.492 e. The van der Waals surface area contributed by atoms with E-state index in [1.165, 1.54) is 19.2 Å². The Labute approximate surface area is 138 Å². The molecule has 1 aromatic rings. The van der Waals surface area contributed by atoms with Gasteiger partial charge in [0.15, 0.2) is 0 Å². The Morgan fingerprint density at radius 1 is 1.33 bits per heavy atom. The van der Waals surface area contributed by atoms with E-state index in [9.17, 15) is 18.0 Å². The molecule has 1 amide bonds. The number of benzene rings is 1. The molecular weight excluding hydrogens is 325 g/mol. The smallest absolute Gasteiger partial charge is 0.416 e. The van der Waals surface area contributed by atoms with E-state index in [2.05, 4.69) is 10.6 Å². The van der Waals surface area contributed by atoms with Crippen LogP contribution in [0.2, 0.25) is 0 Å². The summed E-state index contributed by atoms with van der Waals surface area (Å²) >= 11 is 0. The number of halogens is 3. The van der Waals surface area contributed by atoms with Crippen LogP contribution in [0.25, 0.3) is 0 Å². The van der Waals surface area contributed by atoms with Gasteiger partial charge in [-0.05, 0) is 44.1 Å². The highest BCUT2D eigenvalue weighted by Gasteiger charge is 2.39. The molecule has 1 aliphatic rings. The van der Waals surface area contributed by atoms with Crippen LogP contribution in [-0.2, 0) is 15.7 Å². The summed E-state index contributed by atoms with van der Waals surface area (Å²) < 4.78 is 48.5. The van der Waals surface area contributed by atoms with Crippen molar-refractivity contribution in [3.63, 3.8) is 0 Å². The van der Waals surface area contributed by atoms with Crippen LogP contribution in [0.3, 0.4) is 0 Å². The van der Waals surface area contributed by atoms with Crippen molar-refractivity contribution in [1.82, 2.24) is 10.6 Å². The van der Waals surface area contributed by atoms with Crippen molar-refractivity contribution in [3.8, 4) is 5.75 Å². The topological polar surface area (TPSA) is 59.6 Å². The number of rotatable bonds is 6. The Morgan fingerprint density at radius 2 is 2.04 bits per heavy atom. The molecule has 1 aliphatic heterocycles. The van der Waals surface area contributed by atoms with Gasteiger partial charge in [-0.15, -0.1) is 0 Å². The molecule has 0 atom stereocenters. The maximum Gasteiger partial charge on any atom is 0.416 e. The fraction of sp³-hybridized carbons (Fsp3) is 0.562. The van der Waals surface area contributed by atoms with E-state index in [1.807, 2.05) is 0 Å². The first-order valence-corrected chi connectivity index (χ1v) is 7.72. The molecule has 24 heavy (non-hydrogen) atoms. The van der Waals surface area contributed by atoms with Crippen LogP contribution in [0.15, 0.2) is 24.3 Å². The molecule has 0 bridgehead atoms. The Morgan fingerprint density at radius 3 is 2.67 bits per heavy atom. The monoisotopic (exact) mass is 346 g/mol. The van der Waals surface area contributed by atoms with Gasteiger partial charge in [0.2, 0.25) is 0 Å². The highest BCUT2D eigenvalue weighted by Crippen LogP contribution is 2.31. The third kappa shape index (κ3) is 4.61. The molecular formula is C16H21F3N2O3. The van der Waals surface area contributed by atoms with Gasteiger partial charge in [0, 0.05) is 7.11 Å². The lowest BCUT2D eigenvalue weighted by molar-refractivity contribution is -0.146. The number of nitrogens with one attached hydrogen (secondary N) is 2. The summed E-state index contributed by atoms with van der Waals surface area (Å²) in [6, 6.07) is 4.64. The van der Waals surface area contributed by atoms with E-state index >= 15 is 0 Å². The molecule has 1 fully saturated rings. The van der Waals surface area contributed by atoms with Crippen LogP contribution in [-0.4, -0.2) is 44.9 Å². The van der Waals surface area contributed by atoms with Crippen molar-refractivity contribution in [2.24, 2.45) is 0 Å². The number of alkyl halides is 3. The lowest BCUT2D eigenvalue weighted by Crippen LogP contribution is -2.54. The fourth-order valence-electron chi connectivity index (χ4n) is 2.61. The molecule has 0 unspecified atom stereocenters. The average Bonchev–Trinajstić information content (AvgIpc) is 2.58. The number of carbonyl (C=O) groups excluding carboxylic acids is 1. The van der Waals surface area contributed by atoms with Gasteiger partial charge in [0.05, 0.1) is 12.1 Å². The van der Waals surface area contributed by atoms with E-state index in [0.717, 1.165) is 12.1 Å². The first kappa shape index (κ1) is 18.5. The standard InChI is InChI=1S/C16H21F3N2O3/c1-23-15(5-7-20-8-6-15)14(22)21-9-10-24-13-4-2-3-12(11-13)16(17,18)19/h2-4,11,20H,5-10H2,1H3,(H,21,22). The predicted octanol–water partition coefficient (Wildman–Crippen LogP) is 1.97. The molecule has 5 nitrogen and oxygen atoms in total. The van der Waals surface area contributed by atoms with Gasteiger partial charge in [-0.1, -0.05) is 6.07 Å². The zero-order valence-electron chi connectivity index (χ0n) is 13.4. The summed E-state index contributed by atoms with van der Waals surface area (Å²) in [5.74, 6) is -0.110. The van der Waals surface area contributed by atoms with E-state index in [1.54, 1.807) is 0 Å². The maximum absolute atomic E-state index is 12.6. The van der Waals surface area contributed by atoms with Crippen LogP contribution in [0.5, 0.6) is 5.75 Å². The molecule has 0 aromatic heterocycles. The second-order valence-corrected chi connectivity index (χ2v) is 5.58. The highest BCUT2D eigenvalue weighted by atomic mass is 19.4. The Balaban J connectivity index is 1.81. The molecule has 0 saturated carbocycles. The Bertz CT molecular complexity index is 558. The number of hydrogen-bond donors (Lipinski definition) is 2. The second kappa shape index (κ2) is 7.85. The maximum atomic E-state index is 12.6. The van der Waals surface area contributed by atoms with Gasteiger partial charge in [-0.3, -0.25) is 4.79 Å². The van der Waals surface area contributed by atoms with Crippen LogP contribution in [0.4, 0.5) is 13.2 Å². The van der Waals surface area contributed by atoms with Gasteiger partial charge in [0.1, 0.15) is 18.0 Å². The van der Waals surface area contributed by atoms with Gasteiger partial charge < -0.3 is 20.1 Å². The molecule has 1 aromatic carbocycles. The minimum atomic E-state index is -4.41. The average molecular weight is 346 g/mol. The van der Waals surface area contributed by atoms with Gasteiger partial charge in [0.25, 0.3) is 5.91 Å². The van der Waals surface area contributed by atoms with Crippen molar-refractivity contribution in [1.29, 1.82) is 0 Å². The quantitative estimate of drug-likeness (QED) is 0.774. The molecule has 8 heteroatoms. The predicted molar refractivity (Wildman–Crippen MR) is 81.8 cm³/mol. The van der Waals surface area contributed by atoms with Crippen LogP contribution >= 0.6 is 0 Å². The van der Waals surface area contributed by atoms with Crippen LogP contribution < -0.4 is 15.4 Å². The summed E-state index contributed by atoms with van der Waals surface area (Å²) in [5, 5.41) is 5.88. The summed E-state index contributed by atoms with van der Waals surface area (Å²) in [6.45, 7) is 1.66. The lowest BCUT2D eigenvalue weighted by Gasteiger charge is -2.34. The zero-order valence-corrected chi connectivity index (χ0v) is 13.4. The summed E-state index contributed by atoms with van der Waals surface area (Å²) in [7, 11) is 1.50. The van der Waals surface area contributed by atoms with Crippen molar-refractivity contribution in [2.45, 2.75) is 24.6 Å². The van der Waals surface area contributed by atoms with E-state index in [0.29, 0.717) is 25.9 Å². The molecule has 0 spiro atoms. The van der Waals surface area contributed by atoms with E-state index in [-0.39, 0.29) is 24.8 Å². The van der Waals surface area contributed by atoms with Crippen LogP contribution in [0, 0.1) is 0 Å². The Kier molecular flexibility index (Phi) is 6.06. The minimum absolute atomic E-state index is 0.0745. The number of piperidine rings is 1. The van der Waals surface area contributed by atoms with Gasteiger partial charge in [-0.25, -0.2) is 0 Å². The number of carbonyl (C=O) groups is 1. The first-order valence-electron chi connectivity index (χ1n) is 7.72. The molecule has 0 radical (unpaired) electrons. The van der Waals surface area contributed by atoms with E-state index < -0.39 is 17.3 Å². The first-order chi connectivity index (χ1) is 11.4. The van der Waals surface area contributed by atoms with Crippen molar-refractivity contribution < 1.29 is 27.4 Å². The van der Waals surface area contributed by atoms with Crippen LogP contribution in [0.1, 0.15) is 18.4 Å². The summed E-state index contributed by atoms with van der Waals surface area (Å²) in [5.41, 5.74) is -1.61. The highest BCUT2D eigenvalue weighted by molar-refractivity contribution is 5.85. The molecule has 2 N–H and O–H groups in total. The minimum Gasteiger partial charge on any atom is -0.492 e. The van der Waals surface area contributed by atoms with Crippen molar-refractivity contribution in [2.75, 3.05) is 33.4 Å². The lowest BCUT2D eigenvalue weighted by atomic mass is 9.91.